The van der Waals surface area contributed by atoms with E-state index in [1.807, 2.05) is 0 Å². The predicted octanol–water partition coefficient (Wildman–Crippen LogP) is -6.13. The number of nitrogens with one attached hydrogen (secondary N) is 1. The van der Waals surface area contributed by atoms with Crippen LogP contribution in [-0.2, 0) is 19.2 Å². The molecule has 1 aromatic heterocycles. The van der Waals surface area contributed by atoms with Gasteiger partial charge in [-0.3, -0.25) is 14.5 Å². The Labute approximate surface area is 188 Å². The van der Waals surface area contributed by atoms with E-state index in [1.165, 1.54) is 18.9 Å². The molecule has 0 bridgehead atoms. The number of carboxylic acids is 1. The first-order chi connectivity index (χ1) is 12.9. The topological polar surface area (TPSA) is 183 Å². The second-order valence-electron chi connectivity index (χ2n) is 5.34. The van der Waals surface area contributed by atoms with Crippen LogP contribution in [0.25, 0.3) is 0 Å². The fourth-order valence-electron chi connectivity index (χ4n) is 2.61. The van der Waals surface area contributed by atoms with Gasteiger partial charge in [-0.25, -0.2) is 0 Å². The molecule has 0 saturated carbocycles. The van der Waals surface area contributed by atoms with Gasteiger partial charge in [0.2, 0.25) is 11.5 Å². The van der Waals surface area contributed by atoms with Gasteiger partial charge in [-0.15, -0.1) is 11.8 Å². The van der Waals surface area contributed by atoms with Crippen LogP contribution < -0.4 is 45.7 Å². The zero-order chi connectivity index (χ0) is 19.7. The number of aliphatic carboxylic acids is 1. The maximum absolute atomic E-state index is 12.5. The van der Waals surface area contributed by atoms with Gasteiger partial charge in [-0.1, -0.05) is 5.16 Å². The maximum Gasteiger partial charge on any atom is 1.00 e. The number of aliphatic hydroxyl groups excluding tert-OH is 1. The first kappa shape index (κ1) is 22.6. The molecule has 12 nitrogen and oxygen atoms in total. The smallest absolute Gasteiger partial charge is 0.543 e. The van der Waals surface area contributed by atoms with Gasteiger partial charge in [-0.05, 0) is 5.57 Å². The molecule has 2 aliphatic rings. The minimum Gasteiger partial charge on any atom is -0.543 e. The van der Waals surface area contributed by atoms with Gasteiger partial charge in [-0.2, -0.15) is 9.36 Å². The van der Waals surface area contributed by atoms with Crippen molar-refractivity contribution in [3.8, 4) is 0 Å². The molecule has 2 aliphatic heterocycles. The number of nitrogen functional groups attached to an aromatic ring is 1. The fraction of sp³-hybridized carbons (Fsp3) is 0.385. The van der Waals surface area contributed by atoms with Crippen LogP contribution in [0.5, 0.6) is 0 Å². The van der Waals surface area contributed by atoms with Gasteiger partial charge in [0.25, 0.3) is 11.8 Å². The van der Waals surface area contributed by atoms with Crippen molar-refractivity contribution in [2.24, 2.45) is 5.16 Å². The molecular formula is C13H13N6NaO6S2. The molecule has 0 aromatic carbocycles. The van der Waals surface area contributed by atoms with Gasteiger partial charge in [0.15, 0.2) is 5.13 Å². The molecule has 15 heteroatoms. The predicted molar refractivity (Wildman–Crippen MR) is 92.0 cm³/mol. The van der Waals surface area contributed by atoms with E-state index in [0.717, 1.165) is 16.4 Å². The Kier molecular flexibility index (Phi) is 7.41. The van der Waals surface area contributed by atoms with Gasteiger partial charge >= 0.3 is 29.6 Å². The summed E-state index contributed by atoms with van der Waals surface area (Å²) < 4.78 is 3.88. The second-order valence-corrected chi connectivity index (χ2v) is 7.23. The SMILES string of the molecule is CO/N=C(\C(=O)N[C@@H]1C(=O)N2C(C(=O)[O-])=C(CO)CS[C@H]12)c1nsc(N)n1.[Na+]. The number of aliphatic hydroxyl groups is 1. The number of fused-ring (bicyclic) bond motifs is 1. The summed E-state index contributed by atoms with van der Waals surface area (Å²) in [6.07, 6.45) is 0. The molecule has 0 unspecified atom stereocenters. The van der Waals surface area contributed by atoms with E-state index in [4.69, 9.17) is 5.73 Å². The molecule has 0 aliphatic carbocycles. The third-order valence-electron chi connectivity index (χ3n) is 3.77. The Balaban J connectivity index is 0.00000280. The molecule has 0 spiro atoms. The summed E-state index contributed by atoms with van der Waals surface area (Å²) in [6.45, 7) is -0.509. The summed E-state index contributed by atoms with van der Waals surface area (Å²) in [5, 5.41) is 26.1. The maximum atomic E-state index is 12.5. The number of hydrogen-bond donors (Lipinski definition) is 3. The number of rotatable bonds is 6. The number of aromatic nitrogens is 2. The van der Waals surface area contributed by atoms with Gasteiger partial charge in [0.1, 0.15) is 18.5 Å². The number of carboxylic acid groups (broad SMARTS) is 1. The number of nitrogens with two attached hydrogens (primary N) is 1. The number of β-lactam (4-membered cyclic amide) rings is 1. The average molecular weight is 436 g/mol. The zero-order valence-corrected chi connectivity index (χ0v) is 18.4. The molecule has 2 atom stereocenters. The minimum atomic E-state index is -1.56. The Morgan fingerprint density at radius 3 is 2.79 bits per heavy atom. The van der Waals surface area contributed by atoms with E-state index >= 15 is 0 Å². The Morgan fingerprint density at radius 2 is 2.25 bits per heavy atom. The van der Waals surface area contributed by atoms with Crippen LogP contribution in [0.4, 0.5) is 5.13 Å². The summed E-state index contributed by atoms with van der Waals surface area (Å²) in [5.41, 5.74) is 5.04. The first-order valence-electron chi connectivity index (χ1n) is 7.39. The van der Waals surface area contributed by atoms with Crippen molar-refractivity contribution in [1.29, 1.82) is 0 Å². The monoisotopic (exact) mass is 436 g/mol. The number of carbonyl (C=O) groups excluding carboxylic acids is 3. The summed E-state index contributed by atoms with van der Waals surface area (Å²) in [6, 6.07) is -0.991. The van der Waals surface area contributed by atoms with Crippen LogP contribution >= 0.6 is 23.3 Å². The van der Waals surface area contributed by atoms with Crippen molar-refractivity contribution in [2.45, 2.75) is 11.4 Å². The van der Waals surface area contributed by atoms with Crippen molar-refractivity contribution in [2.75, 3.05) is 25.2 Å². The molecule has 4 N–H and O–H groups in total. The van der Waals surface area contributed by atoms with Gasteiger partial charge in [0.05, 0.1) is 18.3 Å². The Morgan fingerprint density at radius 1 is 1.54 bits per heavy atom. The van der Waals surface area contributed by atoms with Crippen LogP contribution in [0.3, 0.4) is 0 Å². The zero-order valence-electron chi connectivity index (χ0n) is 14.7. The van der Waals surface area contributed by atoms with Crippen molar-refractivity contribution < 1.29 is 59.0 Å². The van der Waals surface area contributed by atoms with E-state index in [-0.39, 0.29) is 63.2 Å². The summed E-state index contributed by atoms with van der Waals surface area (Å²) in [7, 11) is 1.23. The van der Waals surface area contributed by atoms with Gasteiger partial charge in [0, 0.05) is 17.3 Å². The Bertz CT molecular complexity index is 873. The standard InChI is InChI=1S/C13H14N6O6S2.Na/c1-25-17-5(8-16-13(14)27-18-8)9(21)15-6-10(22)19-7(12(23)24)4(2-20)3-26-11(6)19;/h6,11,20H,2-3H2,1H3,(H,15,21)(H,23,24)(H2,14,16,18);/q;+1/p-1/b17-5-;/t6-,11-;/m1./s1. The molecule has 1 saturated heterocycles. The molecular weight excluding hydrogens is 423 g/mol. The van der Waals surface area contributed by atoms with Crippen LogP contribution in [0.2, 0.25) is 0 Å². The number of nitrogens with zero attached hydrogens (tertiary/aromatic N) is 4. The summed E-state index contributed by atoms with van der Waals surface area (Å²) >= 11 is 2.07. The third kappa shape index (κ3) is 4.01. The first-order valence-corrected chi connectivity index (χ1v) is 9.21. The molecule has 3 heterocycles. The molecule has 1 aromatic rings. The average Bonchev–Trinajstić information content (AvgIpc) is 3.08. The molecule has 3 rings (SSSR count). The number of oxime groups is 1. The summed E-state index contributed by atoms with van der Waals surface area (Å²) in [4.78, 5) is 45.7. The van der Waals surface area contributed by atoms with Crippen molar-refractivity contribution in [3.63, 3.8) is 0 Å². The number of hydrogen-bond acceptors (Lipinski definition) is 12. The van der Waals surface area contributed by atoms with E-state index in [1.54, 1.807) is 0 Å². The van der Waals surface area contributed by atoms with E-state index in [9.17, 15) is 24.6 Å². The van der Waals surface area contributed by atoms with Crippen LogP contribution in [0.15, 0.2) is 16.4 Å². The minimum absolute atomic E-state index is 0. The Hall–Kier alpha value is -1.71. The molecule has 2 amide bonds. The molecule has 28 heavy (non-hydrogen) atoms. The van der Waals surface area contributed by atoms with Crippen LogP contribution in [-0.4, -0.2) is 73.7 Å². The molecule has 0 radical (unpaired) electrons. The third-order valence-corrected chi connectivity index (χ3v) is 5.65. The van der Waals surface area contributed by atoms with E-state index in [0.29, 0.717) is 0 Å². The van der Waals surface area contributed by atoms with Crippen molar-refractivity contribution >= 4 is 51.9 Å². The van der Waals surface area contributed by atoms with Crippen molar-refractivity contribution in [3.05, 3.63) is 17.1 Å². The second kappa shape index (κ2) is 9.19. The number of amides is 2. The number of anilines is 1. The van der Waals surface area contributed by atoms with Crippen LogP contribution in [0.1, 0.15) is 5.82 Å². The normalized spacial score (nSPS) is 21.4. The fourth-order valence-corrected chi connectivity index (χ4v) is 4.38. The molecule has 1 fully saturated rings. The van der Waals surface area contributed by atoms with Crippen molar-refractivity contribution in [1.82, 2.24) is 19.6 Å². The van der Waals surface area contributed by atoms with Gasteiger partial charge < -0.3 is 30.9 Å². The molecule has 144 valence electrons. The van der Waals surface area contributed by atoms with E-state index in [2.05, 4.69) is 24.7 Å². The van der Waals surface area contributed by atoms with Crippen LogP contribution in [0, 0.1) is 0 Å². The summed E-state index contributed by atoms with van der Waals surface area (Å²) in [5.74, 6) is -2.86. The van der Waals surface area contributed by atoms with E-state index < -0.39 is 35.8 Å². The largest absolute Gasteiger partial charge is 1.00 e. The quantitative estimate of drug-likeness (QED) is 0.168. The number of thioether (sulfide) groups is 1. The number of carbonyl (C=O) groups is 3.